The second-order valence-corrected chi connectivity index (χ2v) is 5.30. The number of carbonyl (C=O) groups excluding carboxylic acids is 2. The van der Waals surface area contributed by atoms with E-state index in [1.54, 1.807) is 38.1 Å². The molecule has 0 aromatic heterocycles. The van der Waals surface area contributed by atoms with Crippen LogP contribution in [0.5, 0.6) is 5.75 Å². The van der Waals surface area contributed by atoms with Gasteiger partial charge in [-0.3, -0.25) is 14.4 Å². The number of carboxylic acid groups (broad SMARTS) is 1. The minimum absolute atomic E-state index is 0.0721. The van der Waals surface area contributed by atoms with Crippen LogP contribution in [-0.2, 0) is 20.8 Å². The zero-order valence-corrected chi connectivity index (χ0v) is 13.5. The maximum Gasteiger partial charge on any atom is 0.323 e. The predicted octanol–water partition coefficient (Wildman–Crippen LogP) is 0.675. The largest absolute Gasteiger partial charge is 0.484 e. The Hall–Kier alpha value is -2.57. The van der Waals surface area contributed by atoms with E-state index in [0.29, 0.717) is 11.3 Å². The van der Waals surface area contributed by atoms with E-state index in [4.69, 9.17) is 9.84 Å². The maximum atomic E-state index is 12.3. The summed E-state index contributed by atoms with van der Waals surface area (Å²) >= 11 is 0. The molecule has 0 saturated heterocycles. The summed E-state index contributed by atoms with van der Waals surface area (Å²) < 4.78 is 5.32. The summed E-state index contributed by atoms with van der Waals surface area (Å²) in [6, 6.07) is 6.63. The molecular weight excluding hydrogens is 300 g/mol. The molecule has 23 heavy (non-hydrogen) atoms. The van der Waals surface area contributed by atoms with Gasteiger partial charge in [-0.1, -0.05) is 12.1 Å². The molecule has 2 amide bonds. The number of likely N-dealkylation sites (N-methyl/N-ethyl adjacent to an activating group) is 1. The van der Waals surface area contributed by atoms with E-state index in [0.717, 1.165) is 0 Å². The quantitative estimate of drug-likeness (QED) is 0.733. The highest BCUT2D eigenvalue weighted by atomic mass is 16.5. The fourth-order valence-corrected chi connectivity index (χ4v) is 1.95. The average molecular weight is 322 g/mol. The SMILES string of the molecule is CNC(=O)COc1cccc(CC(=O)N(CC(=O)O)C(C)C)c1. The summed E-state index contributed by atoms with van der Waals surface area (Å²) in [5.74, 6) is -1.09. The van der Waals surface area contributed by atoms with Crippen molar-refractivity contribution in [2.24, 2.45) is 0 Å². The molecule has 0 aliphatic rings. The second kappa shape index (κ2) is 8.77. The second-order valence-electron chi connectivity index (χ2n) is 5.30. The Labute approximate surface area is 135 Å². The third kappa shape index (κ3) is 6.37. The van der Waals surface area contributed by atoms with Crippen molar-refractivity contribution in [2.75, 3.05) is 20.2 Å². The first-order chi connectivity index (χ1) is 10.8. The summed E-state index contributed by atoms with van der Waals surface area (Å²) in [5.41, 5.74) is 0.695. The van der Waals surface area contributed by atoms with Crippen LogP contribution in [0.1, 0.15) is 19.4 Å². The summed E-state index contributed by atoms with van der Waals surface area (Å²) in [4.78, 5) is 35.6. The Balaban J connectivity index is 2.73. The van der Waals surface area contributed by atoms with Gasteiger partial charge in [-0.2, -0.15) is 0 Å². The highest BCUT2D eigenvalue weighted by Gasteiger charge is 2.20. The Morgan fingerprint density at radius 3 is 2.57 bits per heavy atom. The number of nitrogens with zero attached hydrogens (tertiary/aromatic N) is 1. The molecule has 7 heteroatoms. The number of benzene rings is 1. The van der Waals surface area contributed by atoms with Crippen molar-refractivity contribution in [1.29, 1.82) is 0 Å². The fourth-order valence-electron chi connectivity index (χ4n) is 1.95. The minimum Gasteiger partial charge on any atom is -0.484 e. The van der Waals surface area contributed by atoms with Crippen molar-refractivity contribution in [3.8, 4) is 5.75 Å². The van der Waals surface area contributed by atoms with Crippen molar-refractivity contribution >= 4 is 17.8 Å². The first kappa shape index (κ1) is 18.5. The van der Waals surface area contributed by atoms with Crippen LogP contribution in [0.4, 0.5) is 0 Å². The van der Waals surface area contributed by atoms with Crippen LogP contribution in [0.3, 0.4) is 0 Å². The van der Waals surface area contributed by atoms with Gasteiger partial charge >= 0.3 is 5.97 Å². The molecule has 0 saturated carbocycles. The lowest BCUT2D eigenvalue weighted by Crippen LogP contribution is -2.41. The number of aliphatic carboxylic acids is 1. The Morgan fingerprint density at radius 2 is 2.00 bits per heavy atom. The predicted molar refractivity (Wildman–Crippen MR) is 84.2 cm³/mol. The average Bonchev–Trinajstić information content (AvgIpc) is 2.50. The van der Waals surface area contributed by atoms with E-state index in [2.05, 4.69) is 5.32 Å². The van der Waals surface area contributed by atoms with E-state index in [1.807, 2.05) is 0 Å². The van der Waals surface area contributed by atoms with Crippen molar-refractivity contribution < 1.29 is 24.2 Å². The molecule has 0 fully saturated rings. The first-order valence-electron chi connectivity index (χ1n) is 7.27. The number of hydrogen-bond acceptors (Lipinski definition) is 4. The molecule has 0 atom stereocenters. The van der Waals surface area contributed by atoms with Gasteiger partial charge in [-0.15, -0.1) is 0 Å². The molecule has 0 aliphatic heterocycles. The number of nitrogens with one attached hydrogen (secondary N) is 1. The number of amides is 2. The standard InChI is InChI=1S/C16H22N2O5/c1-11(2)18(9-16(21)22)15(20)8-12-5-4-6-13(7-12)23-10-14(19)17-3/h4-7,11H,8-10H2,1-3H3,(H,17,19)(H,21,22). The monoisotopic (exact) mass is 322 g/mol. The Morgan fingerprint density at radius 1 is 1.30 bits per heavy atom. The van der Waals surface area contributed by atoms with E-state index >= 15 is 0 Å². The highest BCUT2D eigenvalue weighted by Crippen LogP contribution is 2.15. The van der Waals surface area contributed by atoms with Crippen LogP contribution in [0.2, 0.25) is 0 Å². The first-order valence-corrected chi connectivity index (χ1v) is 7.27. The normalized spacial score (nSPS) is 10.3. The van der Waals surface area contributed by atoms with Gasteiger partial charge in [-0.25, -0.2) is 0 Å². The Bertz CT molecular complexity index is 571. The zero-order chi connectivity index (χ0) is 17.4. The van der Waals surface area contributed by atoms with Gasteiger partial charge in [-0.05, 0) is 31.5 Å². The minimum atomic E-state index is -1.05. The number of carboxylic acids is 1. The fraction of sp³-hybridized carbons (Fsp3) is 0.438. The van der Waals surface area contributed by atoms with Gasteiger partial charge in [0.1, 0.15) is 12.3 Å². The molecule has 1 rings (SSSR count). The smallest absolute Gasteiger partial charge is 0.323 e. The van der Waals surface area contributed by atoms with Crippen LogP contribution in [0, 0.1) is 0 Å². The number of ether oxygens (including phenoxy) is 1. The van der Waals surface area contributed by atoms with Gasteiger partial charge in [0, 0.05) is 13.1 Å². The van der Waals surface area contributed by atoms with Gasteiger partial charge in [0.2, 0.25) is 5.91 Å². The van der Waals surface area contributed by atoms with Crippen molar-refractivity contribution in [1.82, 2.24) is 10.2 Å². The van der Waals surface area contributed by atoms with E-state index in [1.165, 1.54) is 11.9 Å². The highest BCUT2D eigenvalue weighted by molar-refractivity contribution is 5.83. The molecule has 126 valence electrons. The van der Waals surface area contributed by atoms with Gasteiger partial charge < -0.3 is 20.1 Å². The molecule has 1 aromatic rings. The summed E-state index contributed by atoms with van der Waals surface area (Å²) in [7, 11) is 1.52. The van der Waals surface area contributed by atoms with Crippen molar-refractivity contribution in [3.05, 3.63) is 29.8 Å². The summed E-state index contributed by atoms with van der Waals surface area (Å²) in [6.07, 6.45) is 0.0721. The van der Waals surface area contributed by atoms with Crippen LogP contribution in [0.25, 0.3) is 0 Å². The Kier molecular flexibility index (Phi) is 7.05. The topological polar surface area (TPSA) is 95.9 Å². The molecule has 0 bridgehead atoms. The molecule has 0 heterocycles. The summed E-state index contributed by atoms with van der Waals surface area (Å²) in [5, 5.41) is 11.3. The number of rotatable bonds is 8. The van der Waals surface area contributed by atoms with Crippen LogP contribution in [0.15, 0.2) is 24.3 Å². The molecule has 2 N–H and O–H groups in total. The molecule has 0 radical (unpaired) electrons. The molecule has 0 aliphatic carbocycles. The maximum absolute atomic E-state index is 12.3. The van der Waals surface area contributed by atoms with E-state index in [9.17, 15) is 14.4 Å². The van der Waals surface area contributed by atoms with Crippen LogP contribution >= 0.6 is 0 Å². The van der Waals surface area contributed by atoms with E-state index < -0.39 is 5.97 Å². The third-order valence-electron chi connectivity index (χ3n) is 3.15. The lowest BCUT2D eigenvalue weighted by Gasteiger charge is -2.25. The molecule has 0 spiro atoms. The number of hydrogen-bond donors (Lipinski definition) is 2. The van der Waals surface area contributed by atoms with Gasteiger partial charge in [0.15, 0.2) is 6.61 Å². The van der Waals surface area contributed by atoms with Gasteiger partial charge in [0.05, 0.1) is 6.42 Å². The third-order valence-corrected chi connectivity index (χ3v) is 3.15. The van der Waals surface area contributed by atoms with Crippen LogP contribution < -0.4 is 10.1 Å². The zero-order valence-electron chi connectivity index (χ0n) is 13.5. The molecule has 7 nitrogen and oxygen atoms in total. The van der Waals surface area contributed by atoms with Crippen molar-refractivity contribution in [2.45, 2.75) is 26.3 Å². The van der Waals surface area contributed by atoms with Gasteiger partial charge in [0.25, 0.3) is 5.91 Å². The summed E-state index contributed by atoms with van der Waals surface area (Å²) in [6.45, 7) is 3.10. The lowest BCUT2D eigenvalue weighted by molar-refractivity contribution is -0.145. The lowest BCUT2D eigenvalue weighted by atomic mass is 10.1. The molecular formula is C16H22N2O5. The van der Waals surface area contributed by atoms with Crippen molar-refractivity contribution in [3.63, 3.8) is 0 Å². The molecule has 0 unspecified atom stereocenters. The van der Waals surface area contributed by atoms with E-state index in [-0.39, 0.29) is 37.4 Å². The van der Waals surface area contributed by atoms with Crippen LogP contribution in [-0.4, -0.2) is 54.0 Å². The molecule has 1 aromatic carbocycles. The number of carbonyl (C=O) groups is 3.